The fourth-order valence-electron chi connectivity index (χ4n) is 3.65. The molecule has 9 heteroatoms. The van der Waals surface area contributed by atoms with Crippen LogP contribution in [-0.2, 0) is 27.7 Å². The number of ether oxygens (including phenoxy) is 1. The van der Waals surface area contributed by atoms with E-state index in [0.717, 1.165) is 29.1 Å². The van der Waals surface area contributed by atoms with Crippen LogP contribution in [0.25, 0.3) is 0 Å². The second-order valence-corrected chi connectivity index (χ2v) is 9.41. The number of rotatable bonds is 6. The van der Waals surface area contributed by atoms with Crippen LogP contribution >= 0.6 is 11.3 Å². The van der Waals surface area contributed by atoms with Crippen LogP contribution in [0.2, 0.25) is 0 Å². The van der Waals surface area contributed by atoms with Crippen LogP contribution < -0.4 is 10.0 Å². The van der Waals surface area contributed by atoms with Crippen LogP contribution in [0.15, 0.2) is 4.21 Å². The van der Waals surface area contributed by atoms with Crippen molar-refractivity contribution in [3.8, 4) is 0 Å². The van der Waals surface area contributed by atoms with Crippen LogP contribution in [0, 0.1) is 0 Å². The van der Waals surface area contributed by atoms with Crippen molar-refractivity contribution in [1.29, 1.82) is 0 Å². The van der Waals surface area contributed by atoms with E-state index in [2.05, 4.69) is 10.0 Å². The molecule has 1 saturated carbocycles. The van der Waals surface area contributed by atoms with E-state index < -0.39 is 21.5 Å². The van der Waals surface area contributed by atoms with Gasteiger partial charge in [-0.25, -0.2) is 17.9 Å². The number of sulfonamides is 1. The van der Waals surface area contributed by atoms with Gasteiger partial charge in [0, 0.05) is 18.5 Å². The Hall–Kier alpha value is -1.00. The summed E-state index contributed by atoms with van der Waals surface area (Å²) in [5.41, 5.74) is -0.0417. The highest BCUT2D eigenvalue weighted by Crippen LogP contribution is 2.37. The van der Waals surface area contributed by atoms with Gasteiger partial charge in [0.2, 0.25) is 0 Å². The molecule has 3 rings (SSSR count). The molecule has 1 fully saturated rings. The number of fused-ring (bicyclic) bond motifs is 1. The SMILES string of the molecule is COCC1(NS(=O)(=O)c2sc3c(c2C(=O)O)CCNC3)CCCC1. The van der Waals surface area contributed by atoms with Crippen molar-refractivity contribution in [2.75, 3.05) is 20.3 Å². The average molecular weight is 374 g/mol. The highest BCUT2D eigenvalue weighted by atomic mass is 32.2. The average Bonchev–Trinajstić information content (AvgIpc) is 3.11. The molecule has 1 aliphatic heterocycles. The summed E-state index contributed by atoms with van der Waals surface area (Å²) in [7, 11) is -2.37. The van der Waals surface area contributed by atoms with Gasteiger partial charge in [-0.15, -0.1) is 11.3 Å². The molecule has 1 aliphatic carbocycles. The summed E-state index contributed by atoms with van der Waals surface area (Å²) in [4.78, 5) is 12.5. The van der Waals surface area contributed by atoms with Crippen molar-refractivity contribution in [1.82, 2.24) is 10.0 Å². The normalized spacial score (nSPS) is 20.0. The Morgan fingerprint density at radius 3 is 2.75 bits per heavy atom. The largest absolute Gasteiger partial charge is 0.478 e. The Bertz CT molecular complexity index is 735. The first-order valence-corrected chi connectivity index (χ1v) is 10.3. The van der Waals surface area contributed by atoms with Crippen molar-refractivity contribution >= 4 is 27.3 Å². The van der Waals surface area contributed by atoms with Gasteiger partial charge in [-0.05, 0) is 31.4 Å². The monoisotopic (exact) mass is 374 g/mol. The Kier molecular flexibility index (Phi) is 4.99. The predicted molar refractivity (Wildman–Crippen MR) is 90.1 cm³/mol. The Morgan fingerprint density at radius 1 is 1.42 bits per heavy atom. The van der Waals surface area contributed by atoms with E-state index in [9.17, 15) is 18.3 Å². The molecule has 0 aromatic carbocycles. The lowest BCUT2D eigenvalue weighted by Crippen LogP contribution is -2.49. The molecule has 3 N–H and O–H groups in total. The molecule has 0 unspecified atom stereocenters. The lowest BCUT2D eigenvalue weighted by molar-refractivity contribution is 0.0692. The standard InChI is InChI=1S/C15H22N2O5S2/c1-22-9-15(5-2-3-6-15)17-24(20,21)14-12(13(18)19)10-4-7-16-8-11(10)23-14/h16-17H,2-9H2,1H3,(H,18,19). The fraction of sp³-hybridized carbons (Fsp3) is 0.667. The molecule has 24 heavy (non-hydrogen) atoms. The third-order valence-corrected chi connectivity index (χ3v) is 8.01. The molecule has 0 atom stereocenters. The Morgan fingerprint density at radius 2 is 2.12 bits per heavy atom. The number of carboxylic acids is 1. The molecule has 2 aliphatic rings. The highest BCUT2D eigenvalue weighted by molar-refractivity contribution is 7.91. The van der Waals surface area contributed by atoms with Gasteiger partial charge in [-0.3, -0.25) is 0 Å². The van der Waals surface area contributed by atoms with E-state index in [1.807, 2.05) is 0 Å². The predicted octanol–water partition coefficient (Wildman–Crippen LogP) is 1.33. The topological polar surface area (TPSA) is 105 Å². The Labute approximate surface area is 145 Å². The molecule has 0 saturated heterocycles. The first-order valence-electron chi connectivity index (χ1n) is 8.00. The second kappa shape index (κ2) is 6.72. The number of hydrogen-bond acceptors (Lipinski definition) is 6. The number of methoxy groups -OCH3 is 1. The minimum atomic E-state index is -3.91. The molecule has 1 aromatic heterocycles. The fourth-order valence-corrected chi connectivity index (χ4v) is 6.96. The van der Waals surface area contributed by atoms with Gasteiger partial charge < -0.3 is 15.2 Å². The summed E-state index contributed by atoms with van der Waals surface area (Å²) >= 11 is 1.06. The van der Waals surface area contributed by atoms with E-state index in [1.165, 1.54) is 0 Å². The number of hydrogen-bond donors (Lipinski definition) is 3. The molecular weight excluding hydrogens is 352 g/mol. The molecule has 0 radical (unpaired) electrons. The van der Waals surface area contributed by atoms with Crippen LogP contribution in [0.4, 0.5) is 0 Å². The van der Waals surface area contributed by atoms with Crippen molar-refractivity contribution in [3.63, 3.8) is 0 Å². The summed E-state index contributed by atoms with van der Waals surface area (Å²) in [6, 6.07) is 0. The lowest BCUT2D eigenvalue weighted by Gasteiger charge is -2.28. The quantitative estimate of drug-likeness (QED) is 0.694. The van der Waals surface area contributed by atoms with Crippen molar-refractivity contribution in [3.05, 3.63) is 16.0 Å². The van der Waals surface area contributed by atoms with Crippen LogP contribution in [0.1, 0.15) is 46.5 Å². The number of carboxylic acid groups (broad SMARTS) is 1. The minimum Gasteiger partial charge on any atom is -0.478 e. The summed E-state index contributed by atoms with van der Waals surface area (Å²) in [6.45, 7) is 1.46. The third-order valence-electron chi connectivity index (χ3n) is 4.69. The van der Waals surface area contributed by atoms with E-state index in [-0.39, 0.29) is 9.77 Å². The Balaban J connectivity index is 2.00. The molecule has 1 aromatic rings. The highest BCUT2D eigenvalue weighted by Gasteiger charge is 2.41. The van der Waals surface area contributed by atoms with E-state index in [1.54, 1.807) is 7.11 Å². The van der Waals surface area contributed by atoms with Gasteiger partial charge in [0.1, 0.15) is 4.21 Å². The molecule has 134 valence electrons. The summed E-state index contributed by atoms with van der Waals surface area (Å²) < 4.78 is 33.8. The smallest absolute Gasteiger partial charge is 0.338 e. The number of aromatic carboxylic acids is 1. The van der Waals surface area contributed by atoms with Gasteiger partial charge in [0.15, 0.2) is 0 Å². The number of thiophene rings is 1. The van der Waals surface area contributed by atoms with Crippen molar-refractivity contribution < 1.29 is 23.1 Å². The first-order chi connectivity index (χ1) is 11.4. The van der Waals surface area contributed by atoms with Gasteiger partial charge in [-0.1, -0.05) is 12.8 Å². The van der Waals surface area contributed by atoms with Crippen LogP contribution in [0.3, 0.4) is 0 Å². The van der Waals surface area contributed by atoms with Crippen molar-refractivity contribution in [2.45, 2.75) is 48.4 Å². The first kappa shape index (κ1) is 17.8. The molecule has 0 bridgehead atoms. The minimum absolute atomic E-state index is 0.0606. The van der Waals surface area contributed by atoms with Crippen LogP contribution in [0.5, 0.6) is 0 Å². The second-order valence-electron chi connectivity index (χ2n) is 6.42. The van der Waals surface area contributed by atoms with Gasteiger partial charge >= 0.3 is 5.97 Å². The zero-order chi connectivity index (χ0) is 17.4. The third kappa shape index (κ3) is 3.23. The number of carbonyl (C=O) groups is 1. The maximum atomic E-state index is 13.0. The van der Waals surface area contributed by atoms with E-state index in [4.69, 9.17) is 4.74 Å². The molecule has 2 heterocycles. The molecule has 0 amide bonds. The van der Waals surface area contributed by atoms with Gasteiger partial charge in [0.25, 0.3) is 10.0 Å². The van der Waals surface area contributed by atoms with Crippen LogP contribution in [-0.4, -0.2) is 45.3 Å². The zero-order valence-electron chi connectivity index (χ0n) is 13.6. The van der Waals surface area contributed by atoms with Gasteiger partial charge in [-0.2, -0.15) is 0 Å². The zero-order valence-corrected chi connectivity index (χ0v) is 15.2. The maximum Gasteiger partial charge on any atom is 0.338 e. The van der Waals surface area contributed by atoms with Gasteiger partial charge in [0.05, 0.1) is 17.7 Å². The molecule has 7 nitrogen and oxygen atoms in total. The number of nitrogens with one attached hydrogen (secondary N) is 2. The van der Waals surface area contributed by atoms with Crippen molar-refractivity contribution in [2.24, 2.45) is 0 Å². The lowest BCUT2D eigenvalue weighted by atomic mass is 10.0. The summed E-state index contributed by atoms with van der Waals surface area (Å²) in [6.07, 6.45) is 3.81. The summed E-state index contributed by atoms with van der Waals surface area (Å²) in [5.74, 6) is -1.18. The van der Waals surface area contributed by atoms with E-state index in [0.29, 0.717) is 44.5 Å². The summed E-state index contributed by atoms with van der Waals surface area (Å²) in [5, 5.41) is 12.7. The van der Waals surface area contributed by atoms with E-state index >= 15 is 0 Å². The molecule has 0 spiro atoms. The maximum absolute atomic E-state index is 13.0. The molecular formula is C15H22N2O5S2.